The molecule has 0 aromatic heterocycles. The number of nitrogens with one attached hydrogen (secondary N) is 4. The minimum absolute atomic E-state index is 0.0421. The Morgan fingerprint density at radius 2 is 1.04 bits per heavy atom. The summed E-state index contributed by atoms with van der Waals surface area (Å²) >= 11 is 0. The van der Waals surface area contributed by atoms with Gasteiger partial charge in [0.25, 0.3) is 11.8 Å². The van der Waals surface area contributed by atoms with Crippen molar-refractivity contribution >= 4 is 41.1 Å². The second-order valence-electron chi connectivity index (χ2n) is 10.4. The number of carboxylic acid groups (broad SMARTS) is 1. The lowest BCUT2D eigenvalue weighted by atomic mass is 9.99. The van der Waals surface area contributed by atoms with Crippen LogP contribution in [0.15, 0.2) is 60.7 Å². The highest BCUT2D eigenvalue weighted by atomic mass is 19.4. The van der Waals surface area contributed by atoms with E-state index in [4.69, 9.17) is 32.2 Å². The number of benzene rings is 3. The van der Waals surface area contributed by atoms with E-state index in [0.29, 0.717) is 48.7 Å². The van der Waals surface area contributed by atoms with Crippen LogP contribution in [0.2, 0.25) is 0 Å². The average Bonchev–Trinajstić information content (AvgIpc) is 3.00. The number of carboxylic acids is 1. The number of halogens is 3. The maximum absolute atomic E-state index is 12.8. The van der Waals surface area contributed by atoms with E-state index in [1.165, 1.54) is 11.1 Å². The number of alkyl halides is 3. The van der Waals surface area contributed by atoms with Gasteiger partial charge in [-0.05, 0) is 83.6 Å². The summed E-state index contributed by atoms with van der Waals surface area (Å²) in [7, 11) is 0. The highest BCUT2D eigenvalue weighted by Gasteiger charge is 2.38. The summed E-state index contributed by atoms with van der Waals surface area (Å²) in [6.45, 7) is 2.49. The molecule has 0 fully saturated rings. The molecule has 2 amide bonds. The van der Waals surface area contributed by atoms with Crippen LogP contribution in [0, 0.1) is 10.8 Å². The zero-order valence-corrected chi connectivity index (χ0v) is 23.9. The third kappa shape index (κ3) is 8.28. The van der Waals surface area contributed by atoms with Gasteiger partial charge in [0.05, 0.1) is 0 Å². The molecule has 3 aromatic carbocycles. The Balaban J connectivity index is 0.000000591. The summed E-state index contributed by atoms with van der Waals surface area (Å²) in [6.07, 6.45) is -3.48. The molecule has 2 heterocycles. The van der Waals surface area contributed by atoms with Gasteiger partial charge in [-0.2, -0.15) is 13.2 Å². The molecule has 5 rings (SSSR count). The number of amides is 2. The Bertz CT molecular complexity index is 1530. The first-order valence-electron chi connectivity index (χ1n) is 13.7. The Kier molecular flexibility index (Phi) is 9.60. The fourth-order valence-electron chi connectivity index (χ4n) is 4.86. The number of guanidine groups is 2. The van der Waals surface area contributed by atoms with Gasteiger partial charge in [-0.1, -0.05) is 12.1 Å². The third-order valence-electron chi connectivity index (χ3n) is 7.29. The molecule has 9 N–H and O–H groups in total. The zero-order chi connectivity index (χ0) is 32.9. The summed E-state index contributed by atoms with van der Waals surface area (Å²) in [5.41, 5.74) is 17.9. The minimum Gasteiger partial charge on any atom is -0.475 e. The van der Waals surface area contributed by atoms with Crippen molar-refractivity contribution in [3.05, 3.63) is 94.0 Å². The lowest BCUT2D eigenvalue weighted by molar-refractivity contribution is -0.192. The predicted molar refractivity (Wildman–Crippen MR) is 161 cm³/mol. The van der Waals surface area contributed by atoms with Gasteiger partial charge in [0.1, 0.15) is 0 Å². The van der Waals surface area contributed by atoms with Gasteiger partial charge in [-0.25, -0.2) is 4.79 Å². The number of fused-ring (bicyclic) bond motifs is 2. The van der Waals surface area contributed by atoms with E-state index in [0.717, 1.165) is 24.0 Å². The average molecular weight is 625 g/mol. The van der Waals surface area contributed by atoms with E-state index < -0.39 is 12.1 Å². The van der Waals surface area contributed by atoms with Crippen molar-refractivity contribution in [2.24, 2.45) is 11.5 Å². The fraction of sp³-hybridized carbons (Fsp3) is 0.233. The van der Waals surface area contributed by atoms with Gasteiger partial charge in [0.2, 0.25) is 0 Å². The number of hydrogen-bond donors (Lipinski definition) is 7. The van der Waals surface area contributed by atoms with Gasteiger partial charge in [-0.15, -0.1) is 0 Å². The topological polar surface area (TPSA) is 202 Å². The first-order chi connectivity index (χ1) is 21.2. The molecule has 0 unspecified atom stereocenters. The molecule has 45 heavy (non-hydrogen) atoms. The second-order valence-corrected chi connectivity index (χ2v) is 10.4. The van der Waals surface area contributed by atoms with Crippen LogP contribution >= 0.6 is 0 Å². The lowest BCUT2D eigenvalue weighted by Gasteiger charge is -2.29. The van der Waals surface area contributed by atoms with Gasteiger partial charge < -0.3 is 37.0 Å². The molecular formula is C30H31F3N8O4. The Hall–Kier alpha value is -5.60. The van der Waals surface area contributed by atoms with Crippen LogP contribution in [-0.4, -0.2) is 63.9 Å². The molecule has 3 aromatic rings. The number of nitrogens with two attached hydrogens (primary N) is 2. The molecule has 0 atom stereocenters. The Morgan fingerprint density at radius 3 is 1.36 bits per heavy atom. The highest BCUT2D eigenvalue weighted by Crippen LogP contribution is 2.24. The third-order valence-corrected chi connectivity index (χ3v) is 7.29. The van der Waals surface area contributed by atoms with E-state index in [-0.39, 0.29) is 23.7 Å². The van der Waals surface area contributed by atoms with Gasteiger partial charge in [0.15, 0.2) is 11.9 Å². The van der Waals surface area contributed by atoms with Crippen molar-refractivity contribution in [2.45, 2.75) is 32.1 Å². The molecule has 0 bridgehead atoms. The number of carbonyl (C=O) groups is 3. The fourth-order valence-corrected chi connectivity index (χ4v) is 4.86. The van der Waals surface area contributed by atoms with Crippen LogP contribution in [0.4, 0.5) is 24.5 Å². The summed E-state index contributed by atoms with van der Waals surface area (Å²) in [4.78, 5) is 38.2. The lowest BCUT2D eigenvalue weighted by Crippen LogP contribution is -2.40. The Labute approximate surface area is 255 Å². The monoisotopic (exact) mass is 624 g/mol. The van der Waals surface area contributed by atoms with Crippen molar-refractivity contribution < 1.29 is 32.7 Å². The van der Waals surface area contributed by atoms with Crippen molar-refractivity contribution in [2.75, 3.05) is 23.7 Å². The van der Waals surface area contributed by atoms with E-state index in [1.54, 1.807) is 34.1 Å². The molecule has 0 saturated heterocycles. The molecule has 0 spiro atoms. The first-order valence-corrected chi connectivity index (χ1v) is 13.7. The van der Waals surface area contributed by atoms with Crippen molar-refractivity contribution in [1.82, 2.24) is 9.80 Å². The number of rotatable bonds is 4. The standard InChI is InChI=1S/C28H30N8O2.C2HF3O2/c29-27(30)35-11-9-17-5-7-23(13-21(17)15-35)33-25(37)19-1-2-20(4-3-19)26(38)34-24-8-6-18-10-12-36(28(31)32)16-22(18)14-24;3-2(4,5)1(6)7/h1-8,13-14H,9-12,15-16H2,(H3,29,30)(H3,31,32)(H,33,37)(H,34,38);(H,6,7). The summed E-state index contributed by atoms with van der Waals surface area (Å²) in [6, 6.07) is 18.1. The first kappa shape index (κ1) is 32.3. The number of aliphatic carboxylic acids is 1. The molecule has 0 saturated carbocycles. The molecule has 2 aliphatic heterocycles. The maximum Gasteiger partial charge on any atom is 0.490 e. The molecule has 0 radical (unpaired) electrons. The predicted octanol–water partition coefficient (Wildman–Crippen LogP) is 3.33. The summed E-state index contributed by atoms with van der Waals surface area (Å²) in [5.74, 6) is -3.23. The molecule has 236 valence electrons. The van der Waals surface area contributed by atoms with Crippen LogP contribution in [0.3, 0.4) is 0 Å². The van der Waals surface area contributed by atoms with E-state index in [9.17, 15) is 22.8 Å². The summed E-state index contributed by atoms with van der Waals surface area (Å²) < 4.78 is 31.7. The van der Waals surface area contributed by atoms with Crippen LogP contribution in [0.1, 0.15) is 43.0 Å². The minimum atomic E-state index is -5.08. The number of nitrogens with zero attached hydrogens (tertiary/aromatic N) is 2. The quantitative estimate of drug-likeness (QED) is 0.169. The largest absolute Gasteiger partial charge is 0.490 e. The number of hydrogen-bond acceptors (Lipinski definition) is 5. The molecular weight excluding hydrogens is 593 g/mol. The van der Waals surface area contributed by atoms with Gasteiger partial charge in [0, 0.05) is 48.7 Å². The van der Waals surface area contributed by atoms with E-state index in [2.05, 4.69) is 10.6 Å². The van der Waals surface area contributed by atoms with Crippen LogP contribution in [-0.2, 0) is 30.7 Å². The second kappa shape index (κ2) is 13.4. The molecule has 0 aliphatic carbocycles. The van der Waals surface area contributed by atoms with Crippen molar-refractivity contribution in [3.63, 3.8) is 0 Å². The molecule has 12 nitrogen and oxygen atoms in total. The van der Waals surface area contributed by atoms with E-state index >= 15 is 0 Å². The Morgan fingerprint density at radius 1 is 0.689 bits per heavy atom. The van der Waals surface area contributed by atoms with Crippen LogP contribution < -0.4 is 22.1 Å². The van der Waals surface area contributed by atoms with Crippen molar-refractivity contribution in [1.29, 1.82) is 10.8 Å². The number of anilines is 2. The normalized spacial score (nSPS) is 13.8. The SMILES string of the molecule is N=C(N)N1CCc2ccc(NC(=O)c3ccc(C(=O)Nc4ccc5c(c4)CN(C(=N)N)CC5)cc3)cc2C1.O=C(O)C(F)(F)F. The zero-order valence-electron chi connectivity index (χ0n) is 23.9. The maximum atomic E-state index is 12.8. The smallest absolute Gasteiger partial charge is 0.475 e. The molecule has 2 aliphatic rings. The van der Waals surface area contributed by atoms with Crippen LogP contribution in [0.5, 0.6) is 0 Å². The van der Waals surface area contributed by atoms with Crippen LogP contribution in [0.25, 0.3) is 0 Å². The molecule has 15 heteroatoms. The number of carbonyl (C=O) groups excluding carboxylic acids is 2. The highest BCUT2D eigenvalue weighted by molar-refractivity contribution is 6.07. The van der Waals surface area contributed by atoms with E-state index in [1.807, 2.05) is 36.4 Å². The van der Waals surface area contributed by atoms with Gasteiger partial charge >= 0.3 is 12.1 Å². The summed E-state index contributed by atoms with van der Waals surface area (Å²) in [5, 5.41) is 28.3. The van der Waals surface area contributed by atoms with Crippen molar-refractivity contribution in [3.8, 4) is 0 Å². The van der Waals surface area contributed by atoms with Gasteiger partial charge in [-0.3, -0.25) is 20.4 Å².